The number of aromatic nitrogens is 2. The second kappa shape index (κ2) is 14.1. The van der Waals surface area contributed by atoms with Gasteiger partial charge in [0, 0.05) is 62.9 Å². The van der Waals surface area contributed by atoms with Crippen LogP contribution in [0.25, 0.3) is 10.9 Å². The van der Waals surface area contributed by atoms with E-state index in [1.165, 1.54) is 36.4 Å². The van der Waals surface area contributed by atoms with Crippen LogP contribution in [0.4, 0.5) is 14.5 Å². The van der Waals surface area contributed by atoms with E-state index in [9.17, 15) is 14.0 Å². The number of pyridine rings is 2. The highest BCUT2D eigenvalue weighted by Gasteiger charge is 2.56. The van der Waals surface area contributed by atoms with Gasteiger partial charge >= 0.3 is 0 Å². The lowest BCUT2D eigenvalue weighted by Crippen LogP contribution is -2.45. The van der Waals surface area contributed by atoms with Crippen LogP contribution in [-0.2, 0) is 9.59 Å². The van der Waals surface area contributed by atoms with Crippen molar-refractivity contribution < 1.29 is 27.8 Å². The molecule has 0 bridgehead atoms. The lowest BCUT2D eigenvalue weighted by Gasteiger charge is -2.32. The predicted octanol–water partition coefficient (Wildman–Crippen LogP) is 4.45. The Morgan fingerprint density at radius 2 is 1.82 bits per heavy atom. The fourth-order valence-corrected chi connectivity index (χ4v) is 5.04. The van der Waals surface area contributed by atoms with Crippen molar-refractivity contribution in [1.82, 2.24) is 25.1 Å². The number of rotatable bonds is 12. The quantitative estimate of drug-likeness (QED) is 0.174. The minimum Gasteiger partial charge on any atom is -0.476 e. The highest BCUT2D eigenvalue weighted by atomic mass is 19.1. The van der Waals surface area contributed by atoms with Gasteiger partial charge in [0.1, 0.15) is 23.6 Å². The Kier molecular flexibility index (Phi) is 10.0. The van der Waals surface area contributed by atoms with Crippen LogP contribution in [-0.4, -0.2) is 84.0 Å². The molecule has 12 heteroatoms. The molecule has 2 N–H and O–H groups in total. The number of piperazine rings is 1. The maximum Gasteiger partial charge on any atom is 0.240 e. The SMILES string of the molecule is C/C=C(Oc1ccnc2cc(OCCN3CCN(C)CC3)ncc12)\C(F)=C/C(C)NC(=O)C1(C(=O)Nc2ccc(F)cc2)CC1. The van der Waals surface area contributed by atoms with Crippen LogP contribution < -0.4 is 20.1 Å². The maximum absolute atomic E-state index is 15.4. The standard InChI is InChI=1S/C33H38F2N6O4/c1-4-28(26(35)19-22(2)38-31(42)33(10-11-33)32(43)39-24-7-5-23(34)6-8-24)45-29-9-12-36-27-20-30(37-21-25(27)29)44-18-17-41-15-13-40(3)14-16-41/h4-9,12,19-22H,10-11,13-18H2,1-3H3,(H,38,42)(H,39,43)/b26-19+,28-4+. The smallest absolute Gasteiger partial charge is 0.240 e. The minimum atomic E-state index is -1.25. The monoisotopic (exact) mass is 620 g/mol. The van der Waals surface area contributed by atoms with Crippen LogP contribution in [0.1, 0.15) is 26.7 Å². The molecule has 2 amide bonds. The third-order valence-electron chi connectivity index (χ3n) is 8.01. The summed E-state index contributed by atoms with van der Waals surface area (Å²) in [5, 5.41) is 5.95. The second-order valence-corrected chi connectivity index (χ2v) is 11.4. The molecule has 2 fully saturated rings. The van der Waals surface area contributed by atoms with Gasteiger partial charge in [-0.3, -0.25) is 19.5 Å². The molecule has 45 heavy (non-hydrogen) atoms. The van der Waals surface area contributed by atoms with Crippen LogP contribution >= 0.6 is 0 Å². The first-order valence-corrected chi connectivity index (χ1v) is 15.0. The Bertz CT molecular complexity index is 1580. The van der Waals surface area contributed by atoms with E-state index in [0.717, 1.165) is 32.7 Å². The largest absolute Gasteiger partial charge is 0.476 e. The first-order chi connectivity index (χ1) is 21.7. The molecule has 0 spiro atoms. The average Bonchev–Trinajstić information content (AvgIpc) is 3.84. The fraction of sp³-hybridized carbons (Fsp3) is 0.394. The van der Waals surface area contributed by atoms with Gasteiger partial charge in [0.05, 0.1) is 10.9 Å². The zero-order valence-electron chi connectivity index (χ0n) is 25.7. The van der Waals surface area contributed by atoms with E-state index in [1.54, 1.807) is 38.4 Å². The average molecular weight is 621 g/mol. The van der Waals surface area contributed by atoms with Crippen molar-refractivity contribution in [1.29, 1.82) is 0 Å². The lowest BCUT2D eigenvalue weighted by atomic mass is 10.0. The highest BCUT2D eigenvalue weighted by Crippen LogP contribution is 2.47. The molecule has 1 saturated heterocycles. The molecule has 10 nitrogen and oxygen atoms in total. The summed E-state index contributed by atoms with van der Waals surface area (Å²) in [4.78, 5) is 39.3. The number of allylic oxidation sites excluding steroid dienone is 2. The Morgan fingerprint density at radius 1 is 1.09 bits per heavy atom. The Labute approximate surface area is 261 Å². The van der Waals surface area contributed by atoms with E-state index < -0.39 is 34.9 Å². The number of hydrogen-bond acceptors (Lipinski definition) is 8. The summed E-state index contributed by atoms with van der Waals surface area (Å²) in [5.41, 5.74) is -0.271. The topological polar surface area (TPSA) is 109 Å². The molecule has 2 aliphatic rings. The van der Waals surface area contributed by atoms with Crippen molar-refractivity contribution in [3.63, 3.8) is 0 Å². The molecule has 238 valence electrons. The van der Waals surface area contributed by atoms with E-state index >= 15 is 4.39 Å². The van der Waals surface area contributed by atoms with E-state index in [1.807, 2.05) is 0 Å². The molecular formula is C33H38F2N6O4. The molecule has 1 unspecified atom stereocenters. The fourth-order valence-electron chi connectivity index (χ4n) is 5.04. The van der Waals surface area contributed by atoms with E-state index in [4.69, 9.17) is 9.47 Å². The van der Waals surface area contributed by atoms with Gasteiger partial charge in [0.25, 0.3) is 0 Å². The number of nitrogens with one attached hydrogen (secondary N) is 2. The summed E-state index contributed by atoms with van der Waals surface area (Å²) >= 11 is 0. The van der Waals surface area contributed by atoms with Gasteiger partial charge < -0.3 is 25.0 Å². The molecule has 3 aromatic rings. The van der Waals surface area contributed by atoms with Crippen molar-refractivity contribution in [2.24, 2.45) is 5.41 Å². The minimum absolute atomic E-state index is 0.0497. The maximum atomic E-state index is 15.4. The number of ether oxygens (including phenoxy) is 2. The molecule has 1 aliphatic carbocycles. The van der Waals surface area contributed by atoms with Crippen LogP contribution in [0.5, 0.6) is 11.6 Å². The van der Waals surface area contributed by atoms with Crippen molar-refractivity contribution in [3.05, 3.63) is 78.3 Å². The third kappa shape index (κ3) is 8.00. The number of anilines is 1. The molecule has 5 rings (SSSR count). The number of fused-ring (bicyclic) bond motifs is 1. The van der Waals surface area contributed by atoms with Crippen LogP contribution in [0, 0.1) is 11.2 Å². The number of likely N-dealkylation sites (N-methyl/N-ethyl adjacent to an activating group) is 1. The van der Waals surface area contributed by atoms with Crippen LogP contribution in [0.15, 0.2) is 72.5 Å². The molecule has 1 atom stereocenters. The Hall–Kier alpha value is -4.42. The predicted molar refractivity (Wildman–Crippen MR) is 167 cm³/mol. The van der Waals surface area contributed by atoms with Crippen molar-refractivity contribution in [3.8, 4) is 11.6 Å². The second-order valence-electron chi connectivity index (χ2n) is 11.4. The van der Waals surface area contributed by atoms with Gasteiger partial charge in [-0.15, -0.1) is 0 Å². The molecule has 2 aromatic heterocycles. The summed E-state index contributed by atoms with van der Waals surface area (Å²) < 4.78 is 40.4. The normalized spacial score (nSPS) is 17.9. The summed E-state index contributed by atoms with van der Waals surface area (Å²) in [6.07, 6.45) is 6.58. The highest BCUT2D eigenvalue weighted by molar-refractivity contribution is 6.13. The van der Waals surface area contributed by atoms with Gasteiger partial charge in [-0.2, -0.15) is 0 Å². The van der Waals surface area contributed by atoms with Crippen molar-refractivity contribution in [2.75, 3.05) is 51.7 Å². The van der Waals surface area contributed by atoms with Gasteiger partial charge in [0.15, 0.2) is 11.6 Å². The van der Waals surface area contributed by atoms with Gasteiger partial charge in [-0.25, -0.2) is 13.8 Å². The zero-order chi connectivity index (χ0) is 32.0. The molecule has 0 radical (unpaired) electrons. The number of benzene rings is 1. The number of nitrogens with zero attached hydrogens (tertiary/aromatic N) is 4. The number of halogens is 2. The summed E-state index contributed by atoms with van der Waals surface area (Å²) in [7, 11) is 2.12. The molecule has 3 heterocycles. The van der Waals surface area contributed by atoms with Gasteiger partial charge in [-0.05, 0) is 76.2 Å². The molecule has 1 aromatic carbocycles. The number of hydrogen-bond donors (Lipinski definition) is 2. The molecule has 1 saturated carbocycles. The van der Waals surface area contributed by atoms with Crippen molar-refractivity contribution in [2.45, 2.75) is 32.7 Å². The lowest BCUT2D eigenvalue weighted by molar-refractivity contribution is -0.134. The summed E-state index contributed by atoms with van der Waals surface area (Å²) in [6, 6.07) is 7.90. The first-order valence-electron chi connectivity index (χ1n) is 15.0. The number of amides is 2. The first kappa shape index (κ1) is 32.0. The van der Waals surface area contributed by atoms with Crippen molar-refractivity contribution >= 4 is 28.4 Å². The van der Waals surface area contributed by atoms with Gasteiger partial charge in [-0.1, -0.05) is 0 Å². The zero-order valence-corrected chi connectivity index (χ0v) is 25.7. The third-order valence-corrected chi connectivity index (χ3v) is 8.01. The molecule has 1 aliphatic heterocycles. The van der Waals surface area contributed by atoms with E-state index in [2.05, 4.69) is 37.4 Å². The Balaban J connectivity index is 1.17. The summed E-state index contributed by atoms with van der Waals surface area (Å²) in [5.74, 6) is -1.35. The van der Waals surface area contributed by atoms with E-state index in [-0.39, 0.29) is 5.76 Å². The number of carbonyl (C=O) groups is 2. The van der Waals surface area contributed by atoms with Gasteiger partial charge in [0.2, 0.25) is 17.7 Å². The Morgan fingerprint density at radius 3 is 2.51 bits per heavy atom. The van der Waals surface area contributed by atoms with E-state index in [0.29, 0.717) is 47.7 Å². The van der Waals surface area contributed by atoms with Crippen LogP contribution in [0.2, 0.25) is 0 Å². The van der Waals surface area contributed by atoms with Crippen LogP contribution in [0.3, 0.4) is 0 Å². The summed E-state index contributed by atoms with van der Waals surface area (Å²) in [6.45, 7) is 8.65. The number of carbonyl (C=O) groups excluding carboxylic acids is 2. The molecular weight excluding hydrogens is 582 g/mol.